The lowest BCUT2D eigenvalue weighted by Gasteiger charge is -2.14. The van der Waals surface area contributed by atoms with Crippen LogP contribution in [-0.2, 0) is 22.4 Å². The van der Waals surface area contributed by atoms with Crippen molar-refractivity contribution in [3.05, 3.63) is 42.1 Å². The molecule has 0 bridgehead atoms. The quantitative estimate of drug-likeness (QED) is 0.615. The number of ether oxygens (including phenoxy) is 1. The number of imidazole rings is 1. The van der Waals surface area contributed by atoms with Crippen LogP contribution in [0.25, 0.3) is 16.9 Å². The van der Waals surface area contributed by atoms with E-state index in [0.717, 1.165) is 16.6 Å². The summed E-state index contributed by atoms with van der Waals surface area (Å²) in [6, 6.07) is 9.39. The molecule has 0 saturated heterocycles. The van der Waals surface area contributed by atoms with E-state index in [9.17, 15) is 9.11 Å². The third-order valence-electron chi connectivity index (χ3n) is 3.76. The molecule has 25 heavy (non-hydrogen) atoms. The number of hydrogen-bond acceptors (Lipinski definition) is 5. The maximum absolute atomic E-state index is 12.2. The maximum Gasteiger partial charge on any atom is 0.329 e. The molecule has 2 aromatic heterocycles. The number of hydrogen-bond donors (Lipinski definition) is 0. The van der Waals surface area contributed by atoms with Crippen LogP contribution in [0, 0.1) is 6.92 Å². The first-order valence-electron chi connectivity index (χ1n) is 7.68. The van der Waals surface area contributed by atoms with Gasteiger partial charge in [-0.15, -0.1) is 0 Å². The van der Waals surface area contributed by atoms with Crippen molar-refractivity contribution in [2.45, 2.75) is 12.1 Å². The third-order valence-corrected chi connectivity index (χ3v) is 5.28. The lowest BCUT2D eigenvalue weighted by atomic mass is 10.2. The number of para-hydroxylation sites is 2. The molecule has 2 heterocycles. The molecule has 1 aromatic carbocycles. The molecule has 0 aliphatic carbocycles. The highest BCUT2D eigenvalue weighted by Gasteiger charge is 2.22. The molecule has 0 aliphatic rings. The van der Waals surface area contributed by atoms with Crippen LogP contribution in [0.4, 0.5) is 0 Å². The molecule has 0 radical (unpaired) electrons. The summed E-state index contributed by atoms with van der Waals surface area (Å²) in [5.74, 6) is 1.77. The van der Waals surface area contributed by atoms with Crippen molar-refractivity contribution in [1.29, 1.82) is 0 Å². The Kier molecular flexibility index (Phi) is 5.53. The highest BCUT2D eigenvalue weighted by molar-refractivity contribution is 7.90. The van der Waals surface area contributed by atoms with Crippen LogP contribution in [0.15, 0.2) is 41.7 Å². The lowest BCUT2D eigenvalue weighted by molar-refractivity contribution is 0.338. The molecular weight excluding hydrogens is 358 g/mol. The van der Waals surface area contributed by atoms with E-state index in [2.05, 4.69) is 9.97 Å². The molecule has 0 N–H and O–H groups in total. The van der Waals surface area contributed by atoms with Gasteiger partial charge in [0.1, 0.15) is 30.2 Å². The number of nitrogens with zero attached hydrogens (tertiary/aromatic N) is 3. The highest BCUT2D eigenvalue weighted by Crippen LogP contribution is 2.28. The Bertz CT molecular complexity index is 881. The summed E-state index contributed by atoms with van der Waals surface area (Å²) in [6.07, 6.45) is 4.90. The Balaban J connectivity index is 2.08. The van der Waals surface area contributed by atoms with Crippen molar-refractivity contribution in [2.75, 3.05) is 24.9 Å². The first-order valence-corrected chi connectivity index (χ1v) is 11.0. The second-order valence-corrected chi connectivity index (χ2v) is 8.38. The van der Waals surface area contributed by atoms with Gasteiger partial charge >= 0.3 is 5.16 Å². The summed E-state index contributed by atoms with van der Waals surface area (Å²) < 4.78 is 31.0. The van der Waals surface area contributed by atoms with Crippen molar-refractivity contribution in [2.24, 2.45) is 0 Å². The van der Waals surface area contributed by atoms with E-state index in [-0.39, 0.29) is 0 Å². The minimum Gasteiger partial charge on any atom is -0.616 e. The number of rotatable bonds is 6. The Hall–Kier alpha value is -1.74. The van der Waals surface area contributed by atoms with Crippen molar-refractivity contribution in [1.82, 2.24) is 14.5 Å². The molecule has 0 fully saturated rings. The van der Waals surface area contributed by atoms with E-state index >= 15 is 0 Å². The zero-order chi connectivity index (χ0) is 18.0. The van der Waals surface area contributed by atoms with Gasteiger partial charge in [0.2, 0.25) is 0 Å². The average molecular weight is 377 g/mol. The fourth-order valence-electron chi connectivity index (χ4n) is 2.56. The topological polar surface area (TPSA) is 86.1 Å². The standard InChI is InChI=1S/C17H19N3O3S2/c1-12-15(23-10-11-24(2)21)8-9-18-16(12)20-14-7-5-4-6-13(14)19-17(20)25(3)22/h4-9H,10-11H2,1-3H3. The van der Waals surface area contributed by atoms with Crippen LogP contribution in [-0.4, -0.2) is 48.5 Å². The number of pyridine rings is 1. The van der Waals surface area contributed by atoms with E-state index in [4.69, 9.17) is 4.74 Å². The second-order valence-electron chi connectivity index (χ2n) is 5.56. The third kappa shape index (κ3) is 3.77. The van der Waals surface area contributed by atoms with Gasteiger partial charge in [0.15, 0.2) is 0 Å². The first kappa shape index (κ1) is 18.1. The van der Waals surface area contributed by atoms with Crippen LogP contribution >= 0.6 is 0 Å². The minimum atomic E-state index is -1.27. The fraction of sp³-hybridized carbons (Fsp3) is 0.294. The van der Waals surface area contributed by atoms with Crippen LogP contribution in [0.1, 0.15) is 5.56 Å². The molecule has 3 aromatic rings. The van der Waals surface area contributed by atoms with E-state index in [1.165, 1.54) is 0 Å². The summed E-state index contributed by atoms with van der Waals surface area (Å²) in [4.78, 5) is 8.95. The molecule has 8 heteroatoms. The smallest absolute Gasteiger partial charge is 0.329 e. The number of aromatic nitrogens is 3. The van der Waals surface area contributed by atoms with Gasteiger partial charge < -0.3 is 13.8 Å². The summed E-state index contributed by atoms with van der Waals surface area (Å²) in [7, 11) is 0. The van der Waals surface area contributed by atoms with Gasteiger partial charge in [-0.3, -0.25) is 0 Å². The Morgan fingerprint density at radius 2 is 1.92 bits per heavy atom. The van der Waals surface area contributed by atoms with Crippen molar-refractivity contribution in [3.63, 3.8) is 0 Å². The summed E-state index contributed by atoms with van der Waals surface area (Å²) >= 11 is -2.17. The predicted octanol–water partition coefficient (Wildman–Crippen LogP) is 2.22. The van der Waals surface area contributed by atoms with Crippen LogP contribution in [0.2, 0.25) is 0 Å². The fourth-order valence-corrected chi connectivity index (χ4v) is 3.55. The van der Waals surface area contributed by atoms with E-state index in [0.29, 0.717) is 29.1 Å². The van der Waals surface area contributed by atoms with Crippen LogP contribution in [0.5, 0.6) is 5.75 Å². The van der Waals surface area contributed by atoms with Gasteiger partial charge in [-0.05, 0) is 25.1 Å². The van der Waals surface area contributed by atoms with Crippen molar-refractivity contribution >= 4 is 33.4 Å². The molecule has 132 valence electrons. The number of benzene rings is 1. The largest absolute Gasteiger partial charge is 0.616 e. The summed E-state index contributed by atoms with van der Waals surface area (Å²) in [5.41, 5.74) is 2.43. The molecule has 6 nitrogen and oxygen atoms in total. The van der Waals surface area contributed by atoms with Crippen LogP contribution in [0.3, 0.4) is 0 Å². The average Bonchev–Trinajstić information content (AvgIpc) is 2.96. The van der Waals surface area contributed by atoms with Gasteiger partial charge in [0, 0.05) is 22.9 Å². The van der Waals surface area contributed by atoms with Gasteiger partial charge in [-0.2, -0.15) is 4.98 Å². The summed E-state index contributed by atoms with van der Waals surface area (Å²) in [6.45, 7) is 2.27. The first-order chi connectivity index (χ1) is 12.0. The Morgan fingerprint density at radius 1 is 1.16 bits per heavy atom. The molecule has 2 atom stereocenters. The molecule has 0 saturated carbocycles. The molecule has 3 rings (SSSR count). The van der Waals surface area contributed by atoms with E-state index in [1.807, 2.05) is 35.8 Å². The van der Waals surface area contributed by atoms with Crippen LogP contribution < -0.4 is 4.74 Å². The van der Waals surface area contributed by atoms with Crippen molar-refractivity contribution in [3.8, 4) is 11.6 Å². The monoisotopic (exact) mass is 377 g/mol. The Morgan fingerprint density at radius 3 is 2.64 bits per heavy atom. The zero-order valence-electron chi connectivity index (χ0n) is 14.3. The van der Waals surface area contributed by atoms with E-state index in [1.54, 1.807) is 24.8 Å². The van der Waals surface area contributed by atoms with Gasteiger partial charge in [-0.25, -0.2) is 9.55 Å². The predicted molar refractivity (Wildman–Crippen MR) is 100 cm³/mol. The molecule has 0 spiro atoms. The highest BCUT2D eigenvalue weighted by atomic mass is 32.2. The van der Waals surface area contributed by atoms with E-state index < -0.39 is 22.4 Å². The molecule has 2 unspecified atom stereocenters. The van der Waals surface area contributed by atoms with Gasteiger partial charge in [0.25, 0.3) is 0 Å². The molecule has 0 aliphatic heterocycles. The second kappa shape index (κ2) is 7.65. The minimum absolute atomic E-state index is 0.366. The zero-order valence-corrected chi connectivity index (χ0v) is 15.9. The summed E-state index contributed by atoms with van der Waals surface area (Å²) in [5, 5.41) is 0.448. The number of fused-ring (bicyclic) bond motifs is 1. The SMILES string of the molecule is Cc1c(OCC[S+](C)[O-])ccnc1-n1c([S+](C)[O-])nc2ccccc21. The maximum atomic E-state index is 12.2. The van der Waals surface area contributed by atoms with Gasteiger partial charge in [0.05, 0.1) is 17.3 Å². The van der Waals surface area contributed by atoms with Crippen molar-refractivity contribution < 1.29 is 13.8 Å². The van der Waals surface area contributed by atoms with Gasteiger partial charge in [-0.1, -0.05) is 23.3 Å². The normalized spacial score (nSPS) is 13.8. The molecule has 0 amide bonds. The Labute approximate surface area is 152 Å². The lowest BCUT2D eigenvalue weighted by Crippen LogP contribution is -2.14. The molecular formula is C17H19N3O3S2.